The van der Waals surface area contributed by atoms with Crippen molar-refractivity contribution in [3.8, 4) is 0 Å². The van der Waals surface area contributed by atoms with Crippen LogP contribution in [0.3, 0.4) is 0 Å². The first-order chi connectivity index (χ1) is 8.75. The number of rotatable bonds is 7. The third-order valence-corrected chi connectivity index (χ3v) is 4.93. The van der Waals surface area contributed by atoms with Crippen molar-refractivity contribution in [3.63, 3.8) is 0 Å². The SMILES string of the molecule is CCn1cc(S(=O)(=O)NC(C)(C)CC)cc1CNC. The van der Waals surface area contributed by atoms with E-state index >= 15 is 0 Å². The van der Waals surface area contributed by atoms with Crippen molar-refractivity contribution in [1.29, 1.82) is 0 Å². The van der Waals surface area contributed by atoms with E-state index in [1.807, 2.05) is 39.3 Å². The van der Waals surface area contributed by atoms with Crippen LogP contribution in [0.1, 0.15) is 39.8 Å². The van der Waals surface area contributed by atoms with E-state index in [2.05, 4.69) is 10.0 Å². The number of hydrogen-bond donors (Lipinski definition) is 2. The maximum absolute atomic E-state index is 12.3. The second-order valence-electron chi connectivity index (χ2n) is 5.33. The van der Waals surface area contributed by atoms with Gasteiger partial charge in [-0.15, -0.1) is 0 Å². The average Bonchev–Trinajstić information content (AvgIpc) is 2.72. The van der Waals surface area contributed by atoms with Gasteiger partial charge in [0, 0.05) is 30.5 Å². The molecule has 2 N–H and O–H groups in total. The lowest BCUT2D eigenvalue weighted by Crippen LogP contribution is -2.42. The third-order valence-electron chi connectivity index (χ3n) is 3.26. The Morgan fingerprint density at radius 1 is 1.32 bits per heavy atom. The fraction of sp³-hybridized carbons (Fsp3) is 0.692. The van der Waals surface area contributed by atoms with Crippen molar-refractivity contribution in [3.05, 3.63) is 18.0 Å². The third kappa shape index (κ3) is 4.06. The predicted molar refractivity (Wildman–Crippen MR) is 77.6 cm³/mol. The van der Waals surface area contributed by atoms with Crippen molar-refractivity contribution in [2.45, 2.75) is 57.6 Å². The highest BCUT2D eigenvalue weighted by molar-refractivity contribution is 7.89. The maximum atomic E-state index is 12.3. The van der Waals surface area contributed by atoms with Gasteiger partial charge in [-0.3, -0.25) is 0 Å². The van der Waals surface area contributed by atoms with Crippen molar-refractivity contribution in [2.24, 2.45) is 0 Å². The van der Waals surface area contributed by atoms with Gasteiger partial charge in [-0.25, -0.2) is 13.1 Å². The van der Waals surface area contributed by atoms with Crippen LogP contribution in [0.4, 0.5) is 0 Å². The van der Waals surface area contributed by atoms with Crippen LogP contribution in [0, 0.1) is 0 Å². The van der Waals surface area contributed by atoms with Gasteiger partial charge in [-0.05, 0) is 40.3 Å². The van der Waals surface area contributed by atoms with Crippen molar-refractivity contribution < 1.29 is 8.42 Å². The first-order valence-electron chi connectivity index (χ1n) is 6.63. The lowest BCUT2D eigenvalue weighted by molar-refractivity contribution is 0.439. The van der Waals surface area contributed by atoms with E-state index in [1.165, 1.54) is 0 Å². The van der Waals surface area contributed by atoms with Gasteiger partial charge >= 0.3 is 0 Å². The smallest absolute Gasteiger partial charge is 0.242 e. The van der Waals surface area contributed by atoms with Gasteiger partial charge in [0.05, 0.1) is 4.90 Å². The molecule has 0 aliphatic heterocycles. The van der Waals surface area contributed by atoms with Crippen LogP contribution in [-0.2, 0) is 23.1 Å². The standard InChI is InChI=1S/C13H25N3O2S/c1-6-13(3,4)15-19(17,18)12-8-11(9-14-5)16(7-2)10-12/h8,10,14-15H,6-7,9H2,1-5H3. The molecule has 0 unspecified atom stereocenters. The Hall–Kier alpha value is -0.850. The molecule has 1 heterocycles. The predicted octanol–water partition coefficient (Wildman–Crippen LogP) is 1.69. The van der Waals surface area contributed by atoms with Gasteiger partial charge in [-0.1, -0.05) is 6.92 Å². The molecule has 0 aliphatic carbocycles. The molecule has 0 aromatic carbocycles. The first kappa shape index (κ1) is 16.2. The largest absolute Gasteiger partial charge is 0.349 e. The zero-order valence-electron chi connectivity index (χ0n) is 12.4. The number of aryl methyl sites for hydroxylation is 1. The van der Waals surface area contributed by atoms with E-state index in [1.54, 1.807) is 12.3 Å². The molecular formula is C13H25N3O2S. The molecule has 0 bridgehead atoms. The quantitative estimate of drug-likeness (QED) is 0.802. The van der Waals surface area contributed by atoms with Gasteiger partial charge in [-0.2, -0.15) is 0 Å². The van der Waals surface area contributed by atoms with Crippen LogP contribution < -0.4 is 10.0 Å². The maximum Gasteiger partial charge on any atom is 0.242 e. The van der Waals surface area contributed by atoms with Crippen molar-refractivity contribution in [1.82, 2.24) is 14.6 Å². The molecule has 0 radical (unpaired) electrons. The molecule has 1 aromatic heterocycles. The van der Waals surface area contributed by atoms with Gasteiger partial charge < -0.3 is 9.88 Å². The second-order valence-corrected chi connectivity index (χ2v) is 7.01. The number of nitrogens with zero attached hydrogens (tertiary/aromatic N) is 1. The topological polar surface area (TPSA) is 63.1 Å². The normalized spacial score (nSPS) is 12.9. The molecule has 1 aromatic rings. The molecule has 5 nitrogen and oxygen atoms in total. The highest BCUT2D eigenvalue weighted by atomic mass is 32.2. The molecule has 6 heteroatoms. The Bertz CT molecular complexity index is 518. The van der Waals surface area contributed by atoms with E-state index in [4.69, 9.17) is 0 Å². The van der Waals surface area contributed by atoms with Gasteiger partial charge in [0.25, 0.3) is 0 Å². The number of nitrogens with one attached hydrogen (secondary N) is 2. The van der Waals surface area contributed by atoms with Crippen LogP contribution in [-0.4, -0.2) is 25.6 Å². The minimum Gasteiger partial charge on any atom is -0.349 e. The highest BCUT2D eigenvalue weighted by Crippen LogP contribution is 2.18. The average molecular weight is 287 g/mol. The Kier molecular flexibility index (Phi) is 5.18. The number of sulfonamides is 1. The summed E-state index contributed by atoms with van der Waals surface area (Å²) in [6, 6.07) is 1.73. The van der Waals surface area contributed by atoms with E-state index in [0.29, 0.717) is 11.4 Å². The lowest BCUT2D eigenvalue weighted by atomic mass is 10.0. The van der Waals surface area contributed by atoms with Crippen molar-refractivity contribution in [2.75, 3.05) is 7.05 Å². The molecule has 0 amide bonds. The van der Waals surface area contributed by atoms with Gasteiger partial charge in [0.15, 0.2) is 0 Å². The summed E-state index contributed by atoms with van der Waals surface area (Å²) in [5, 5.41) is 3.05. The molecule has 19 heavy (non-hydrogen) atoms. The molecular weight excluding hydrogens is 262 g/mol. The minimum absolute atomic E-state index is 0.334. The monoisotopic (exact) mass is 287 g/mol. The summed E-state index contributed by atoms with van der Waals surface area (Å²) in [5.41, 5.74) is 0.538. The highest BCUT2D eigenvalue weighted by Gasteiger charge is 2.26. The summed E-state index contributed by atoms with van der Waals surface area (Å²) in [6.07, 6.45) is 2.44. The van der Waals surface area contributed by atoms with E-state index < -0.39 is 15.6 Å². The number of aromatic nitrogens is 1. The summed E-state index contributed by atoms with van der Waals surface area (Å²) in [4.78, 5) is 0.334. The molecule has 0 aliphatic rings. The fourth-order valence-corrected chi connectivity index (χ4v) is 3.34. The van der Waals surface area contributed by atoms with Crippen molar-refractivity contribution >= 4 is 10.0 Å². The van der Waals surface area contributed by atoms with Crippen LogP contribution >= 0.6 is 0 Å². The Morgan fingerprint density at radius 3 is 2.42 bits per heavy atom. The summed E-state index contributed by atoms with van der Waals surface area (Å²) in [5.74, 6) is 0. The zero-order valence-corrected chi connectivity index (χ0v) is 13.3. The lowest BCUT2D eigenvalue weighted by Gasteiger charge is -2.23. The van der Waals surface area contributed by atoms with Crippen LogP contribution in [0.15, 0.2) is 17.2 Å². The fourth-order valence-electron chi connectivity index (χ4n) is 1.79. The molecule has 0 spiro atoms. The molecule has 1 rings (SSSR count). The summed E-state index contributed by atoms with van der Waals surface area (Å²) >= 11 is 0. The van der Waals surface area contributed by atoms with Crippen LogP contribution in [0.5, 0.6) is 0 Å². The molecule has 0 fully saturated rings. The van der Waals surface area contributed by atoms with Crippen LogP contribution in [0.2, 0.25) is 0 Å². The molecule has 0 atom stereocenters. The Balaban J connectivity index is 3.08. The van der Waals surface area contributed by atoms with E-state index in [9.17, 15) is 8.42 Å². The molecule has 0 saturated heterocycles. The van der Waals surface area contributed by atoms with E-state index in [0.717, 1.165) is 18.7 Å². The van der Waals surface area contributed by atoms with Gasteiger partial charge in [0.2, 0.25) is 10.0 Å². The summed E-state index contributed by atoms with van der Waals surface area (Å²) in [7, 11) is -1.61. The van der Waals surface area contributed by atoms with Gasteiger partial charge in [0.1, 0.15) is 0 Å². The summed E-state index contributed by atoms with van der Waals surface area (Å²) < 4.78 is 29.4. The van der Waals surface area contributed by atoms with E-state index in [-0.39, 0.29) is 0 Å². The zero-order chi connectivity index (χ0) is 14.7. The molecule has 0 saturated carbocycles. The minimum atomic E-state index is -3.46. The Labute approximate surface area is 116 Å². The second kappa shape index (κ2) is 6.07. The first-order valence-corrected chi connectivity index (χ1v) is 8.11. The van der Waals surface area contributed by atoms with Crippen LogP contribution in [0.25, 0.3) is 0 Å². The number of hydrogen-bond acceptors (Lipinski definition) is 3. The summed E-state index contributed by atoms with van der Waals surface area (Å²) in [6.45, 7) is 9.14. The molecule has 110 valence electrons. The Morgan fingerprint density at radius 2 is 1.95 bits per heavy atom.